The van der Waals surface area contributed by atoms with Crippen LogP contribution in [0.4, 0.5) is 0 Å². The van der Waals surface area contributed by atoms with E-state index in [1.54, 1.807) is 7.11 Å². The predicted octanol–water partition coefficient (Wildman–Crippen LogP) is 1.63. The molecule has 1 spiro atoms. The van der Waals surface area contributed by atoms with Gasteiger partial charge in [0.25, 0.3) is 0 Å². The molecule has 112 valence electrons. The van der Waals surface area contributed by atoms with Crippen molar-refractivity contribution >= 4 is 13.9 Å². The molecule has 2 fully saturated rings. The Morgan fingerprint density at radius 3 is 2.35 bits per heavy atom. The number of hydrogen-bond acceptors (Lipinski definition) is 5. The lowest BCUT2D eigenvalue weighted by atomic mass is 9.81. The third-order valence-corrected chi connectivity index (χ3v) is 6.12. The Morgan fingerprint density at radius 2 is 1.85 bits per heavy atom. The Bertz CT molecular complexity index is 492. The van der Waals surface area contributed by atoms with E-state index in [-0.39, 0.29) is 11.9 Å². The number of fused-ring (bicyclic) bond motifs is 2. The van der Waals surface area contributed by atoms with Crippen molar-refractivity contribution in [3.05, 3.63) is 11.3 Å². The highest BCUT2D eigenvalue weighted by Gasteiger charge is 2.69. The van der Waals surface area contributed by atoms with Gasteiger partial charge in [-0.2, -0.15) is 0 Å². The van der Waals surface area contributed by atoms with Gasteiger partial charge in [0.1, 0.15) is 12.2 Å². The predicted molar refractivity (Wildman–Crippen MR) is 74.9 cm³/mol. The second kappa shape index (κ2) is 4.01. The van der Waals surface area contributed by atoms with Crippen LogP contribution in [0, 0.1) is 0 Å². The Hall–Kier alpha value is -0.533. The molecule has 5 nitrogen and oxygen atoms in total. The molecule has 0 aromatic rings. The molecule has 0 amide bonds. The molecule has 0 aromatic carbocycles. The molecular formula is C14H22O5Si. The summed E-state index contributed by atoms with van der Waals surface area (Å²) in [6.45, 7) is 10.1. The molecule has 0 aromatic heterocycles. The van der Waals surface area contributed by atoms with Gasteiger partial charge in [-0.1, -0.05) is 19.6 Å². The first-order chi connectivity index (χ1) is 9.11. The van der Waals surface area contributed by atoms with Crippen molar-refractivity contribution in [2.75, 3.05) is 7.11 Å². The lowest BCUT2D eigenvalue weighted by Gasteiger charge is -2.41. The number of carbonyl (C=O) groups is 1. The molecule has 0 radical (unpaired) electrons. The Balaban J connectivity index is 1.97. The van der Waals surface area contributed by atoms with Gasteiger partial charge >= 0.3 is 0 Å². The van der Waals surface area contributed by atoms with Gasteiger partial charge in [-0.25, -0.2) is 0 Å². The lowest BCUT2D eigenvalue weighted by Crippen LogP contribution is -2.59. The number of methoxy groups -OCH3 is 1. The van der Waals surface area contributed by atoms with Crippen LogP contribution < -0.4 is 0 Å². The zero-order chi connectivity index (χ0) is 14.9. The minimum absolute atomic E-state index is 0.0486. The standard InChI is InChI=1S/C14H22O5Si/c1-13(2)17-9-11(18-13)14(19-12(9)16-3)7-8(10(14)15)20(4,5)6/h7,9,11-12H,1-6H3/t9?,11-,12-,14-/m1/s1. The summed E-state index contributed by atoms with van der Waals surface area (Å²) in [5, 5.41) is 0.918. The first-order valence-electron chi connectivity index (χ1n) is 6.95. The van der Waals surface area contributed by atoms with Crippen LogP contribution >= 0.6 is 0 Å². The summed E-state index contributed by atoms with van der Waals surface area (Å²) in [4.78, 5) is 12.7. The third kappa shape index (κ3) is 1.79. The maximum atomic E-state index is 12.7. The summed E-state index contributed by atoms with van der Waals surface area (Å²) in [6, 6.07) is 0. The normalized spacial score (nSPS) is 42.6. The van der Waals surface area contributed by atoms with Crippen molar-refractivity contribution in [3.63, 3.8) is 0 Å². The number of carbonyl (C=O) groups excluding carboxylic acids is 1. The van der Waals surface area contributed by atoms with Crippen LogP contribution in [0.25, 0.3) is 0 Å². The molecule has 0 bridgehead atoms. The van der Waals surface area contributed by atoms with E-state index in [0.29, 0.717) is 0 Å². The van der Waals surface area contributed by atoms with Crippen LogP contribution in [0.3, 0.4) is 0 Å². The highest BCUT2D eigenvalue weighted by molar-refractivity contribution is 6.88. The first-order valence-corrected chi connectivity index (χ1v) is 10.5. The van der Waals surface area contributed by atoms with E-state index in [4.69, 9.17) is 18.9 Å². The van der Waals surface area contributed by atoms with E-state index in [0.717, 1.165) is 5.20 Å². The molecule has 2 heterocycles. The van der Waals surface area contributed by atoms with Gasteiger partial charge in [-0.15, -0.1) is 0 Å². The fraction of sp³-hybridized carbons (Fsp3) is 0.786. The average Bonchev–Trinajstić information content (AvgIpc) is 2.76. The monoisotopic (exact) mass is 298 g/mol. The van der Waals surface area contributed by atoms with Crippen molar-refractivity contribution in [2.24, 2.45) is 0 Å². The van der Waals surface area contributed by atoms with Crippen LogP contribution in [0.1, 0.15) is 13.8 Å². The summed E-state index contributed by atoms with van der Waals surface area (Å²) >= 11 is 0. The van der Waals surface area contributed by atoms with Gasteiger partial charge in [-0.05, 0) is 25.1 Å². The van der Waals surface area contributed by atoms with Gasteiger partial charge in [0.2, 0.25) is 0 Å². The maximum absolute atomic E-state index is 12.7. The largest absolute Gasteiger partial charge is 0.353 e. The highest BCUT2D eigenvalue weighted by atomic mass is 28.3. The van der Waals surface area contributed by atoms with Gasteiger partial charge in [0.15, 0.2) is 23.5 Å². The first kappa shape index (κ1) is 14.4. The molecule has 3 rings (SSSR count). The van der Waals surface area contributed by atoms with Crippen LogP contribution in [-0.2, 0) is 23.7 Å². The second-order valence-corrected chi connectivity index (χ2v) is 12.2. The number of ether oxygens (including phenoxy) is 4. The SMILES string of the molecule is CO[C@@H]1O[C@@]2(C=C([Si](C)(C)C)C2=O)[C@@H]2OC(C)(C)OC12. The van der Waals surface area contributed by atoms with Crippen molar-refractivity contribution in [1.82, 2.24) is 0 Å². The summed E-state index contributed by atoms with van der Waals surface area (Å²) in [7, 11) is -0.0907. The quantitative estimate of drug-likeness (QED) is 0.725. The molecule has 4 atom stereocenters. The number of hydrogen-bond donors (Lipinski definition) is 0. The number of ketones is 1. The van der Waals surface area contributed by atoms with E-state index < -0.39 is 31.9 Å². The average molecular weight is 298 g/mol. The molecule has 0 N–H and O–H groups in total. The summed E-state index contributed by atoms with van der Waals surface area (Å²) < 4.78 is 22.9. The molecule has 1 unspecified atom stereocenters. The zero-order valence-electron chi connectivity index (χ0n) is 12.9. The number of rotatable bonds is 2. The van der Waals surface area contributed by atoms with Crippen molar-refractivity contribution < 1.29 is 23.7 Å². The highest BCUT2D eigenvalue weighted by Crippen LogP contribution is 2.51. The fourth-order valence-electron chi connectivity index (χ4n) is 3.16. The molecular weight excluding hydrogens is 276 g/mol. The summed E-state index contributed by atoms with van der Waals surface area (Å²) in [5.74, 6) is -0.668. The molecule has 3 aliphatic rings. The summed E-state index contributed by atoms with van der Waals surface area (Å²) in [6.07, 6.45) is 0.599. The van der Waals surface area contributed by atoms with Crippen LogP contribution in [0.15, 0.2) is 11.3 Å². The number of Topliss-reactive ketones (excluding diaryl/α,β-unsaturated/α-hetero) is 1. The topological polar surface area (TPSA) is 54.0 Å². The van der Waals surface area contributed by atoms with Crippen LogP contribution in [0.5, 0.6) is 0 Å². The van der Waals surface area contributed by atoms with Gasteiger partial charge in [0.05, 0.1) is 8.07 Å². The van der Waals surface area contributed by atoms with E-state index in [2.05, 4.69) is 19.6 Å². The lowest BCUT2D eigenvalue weighted by molar-refractivity contribution is -0.239. The Kier molecular flexibility index (Phi) is 2.89. The van der Waals surface area contributed by atoms with E-state index in [9.17, 15) is 4.79 Å². The van der Waals surface area contributed by atoms with Gasteiger partial charge < -0.3 is 18.9 Å². The third-order valence-electron chi connectivity index (χ3n) is 4.13. The van der Waals surface area contributed by atoms with Gasteiger partial charge in [0, 0.05) is 7.11 Å². The molecule has 2 aliphatic heterocycles. The molecule has 0 saturated carbocycles. The maximum Gasteiger partial charge on any atom is 0.193 e. The van der Waals surface area contributed by atoms with Crippen LogP contribution in [-0.4, -0.2) is 50.9 Å². The fourth-order valence-corrected chi connectivity index (χ4v) is 4.69. The van der Waals surface area contributed by atoms with Crippen molar-refractivity contribution in [2.45, 2.75) is 63.4 Å². The molecule has 2 saturated heterocycles. The Labute approximate surface area is 120 Å². The smallest absolute Gasteiger partial charge is 0.193 e. The Morgan fingerprint density at radius 1 is 1.20 bits per heavy atom. The van der Waals surface area contributed by atoms with E-state index in [1.165, 1.54) is 0 Å². The summed E-state index contributed by atoms with van der Waals surface area (Å²) in [5.41, 5.74) is -1.01. The van der Waals surface area contributed by atoms with E-state index in [1.807, 2.05) is 19.9 Å². The molecule has 1 aliphatic carbocycles. The minimum Gasteiger partial charge on any atom is -0.353 e. The minimum atomic E-state index is -1.65. The van der Waals surface area contributed by atoms with Crippen LogP contribution in [0.2, 0.25) is 19.6 Å². The molecule has 20 heavy (non-hydrogen) atoms. The second-order valence-electron chi connectivity index (χ2n) is 7.17. The molecule has 6 heteroatoms. The van der Waals surface area contributed by atoms with Crippen molar-refractivity contribution in [3.8, 4) is 0 Å². The van der Waals surface area contributed by atoms with Gasteiger partial charge in [-0.3, -0.25) is 4.79 Å². The van der Waals surface area contributed by atoms with Crippen molar-refractivity contribution in [1.29, 1.82) is 0 Å². The zero-order valence-corrected chi connectivity index (χ0v) is 13.9. The van der Waals surface area contributed by atoms with E-state index >= 15 is 0 Å².